The zero-order valence-electron chi connectivity index (χ0n) is 21.3. The summed E-state index contributed by atoms with van der Waals surface area (Å²) in [6, 6.07) is 13.6. The third-order valence-electron chi connectivity index (χ3n) is 6.06. The molecular weight excluding hydrogens is 494 g/mol. The average Bonchev–Trinajstić information content (AvgIpc) is 3.39. The fraction of sp³-hybridized carbons (Fsp3) is 0.333. The van der Waals surface area contributed by atoms with Crippen molar-refractivity contribution in [1.29, 1.82) is 0 Å². The van der Waals surface area contributed by atoms with E-state index in [9.17, 15) is 13.6 Å². The summed E-state index contributed by atoms with van der Waals surface area (Å²) in [4.78, 5) is 21.1. The third kappa shape index (κ3) is 6.87. The van der Waals surface area contributed by atoms with Gasteiger partial charge in [-0.1, -0.05) is 23.4 Å². The highest BCUT2D eigenvalue weighted by molar-refractivity contribution is 5.59. The number of likely N-dealkylation sites (N-methyl/N-ethyl adjacent to an activating group) is 2. The van der Waals surface area contributed by atoms with E-state index in [2.05, 4.69) is 20.1 Å². The Balaban J connectivity index is 1.50. The van der Waals surface area contributed by atoms with E-state index >= 15 is 0 Å². The van der Waals surface area contributed by atoms with Crippen LogP contribution in [0.3, 0.4) is 0 Å². The highest BCUT2D eigenvalue weighted by atomic mass is 19.1. The van der Waals surface area contributed by atoms with E-state index in [0.717, 1.165) is 31.1 Å². The second kappa shape index (κ2) is 12.5. The summed E-state index contributed by atoms with van der Waals surface area (Å²) in [6.07, 6.45) is 0.721. The van der Waals surface area contributed by atoms with E-state index in [1.165, 1.54) is 28.9 Å². The molecule has 11 heteroatoms. The quantitative estimate of drug-likeness (QED) is 0.301. The Morgan fingerprint density at radius 2 is 1.79 bits per heavy atom. The first-order valence-electron chi connectivity index (χ1n) is 12.4. The lowest BCUT2D eigenvalue weighted by Gasteiger charge is -2.22. The van der Waals surface area contributed by atoms with Crippen molar-refractivity contribution in [3.8, 4) is 22.6 Å². The Labute approximate surface area is 218 Å². The van der Waals surface area contributed by atoms with Gasteiger partial charge in [-0.15, -0.1) is 0 Å². The lowest BCUT2D eigenvalue weighted by atomic mass is 10.1. The Hall–Kier alpha value is -3.96. The summed E-state index contributed by atoms with van der Waals surface area (Å²) in [6.45, 7) is 5.28. The lowest BCUT2D eigenvalue weighted by molar-refractivity contribution is 0.248. The maximum Gasteiger partial charge on any atom is 0.324 e. The van der Waals surface area contributed by atoms with Crippen molar-refractivity contribution >= 4 is 6.01 Å². The summed E-state index contributed by atoms with van der Waals surface area (Å²) in [5.41, 5.74) is 1.65. The molecule has 0 aliphatic heterocycles. The van der Waals surface area contributed by atoms with Crippen LogP contribution in [0.5, 0.6) is 0 Å². The number of aliphatic hydroxyl groups is 1. The molecule has 2 aromatic carbocycles. The van der Waals surface area contributed by atoms with Gasteiger partial charge >= 0.3 is 6.01 Å². The predicted octanol–water partition coefficient (Wildman–Crippen LogP) is 3.43. The molecule has 0 atom stereocenters. The smallest absolute Gasteiger partial charge is 0.324 e. The third-order valence-corrected chi connectivity index (χ3v) is 6.06. The molecule has 0 amide bonds. The van der Waals surface area contributed by atoms with Crippen LogP contribution < -0.4 is 10.5 Å². The molecule has 2 heterocycles. The van der Waals surface area contributed by atoms with E-state index in [1.54, 1.807) is 0 Å². The van der Waals surface area contributed by atoms with Crippen LogP contribution in [-0.4, -0.2) is 69.8 Å². The lowest BCUT2D eigenvalue weighted by Crippen LogP contribution is -2.34. The number of benzene rings is 2. The Bertz CT molecular complexity index is 1400. The molecule has 0 radical (unpaired) electrons. The van der Waals surface area contributed by atoms with Gasteiger partial charge in [-0.3, -0.25) is 4.79 Å². The standard InChI is InChI=1S/C27H30F2N6O3/c1-3-34(12-11-33(2)10-5-13-36)27-30-26(32-38-27)20-7-4-6-19(14-20)18-35-25(37)9-8-24(31-35)21-15-22(28)17-23(29)16-21/h4,6-9,14-17,36H,3,5,10-13,18H2,1-2H3. The van der Waals surface area contributed by atoms with Gasteiger partial charge < -0.3 is 19.4 Å². The van der Waals surface area contributed by atoms with Crippen LogP contribution in [0.4, 0.5) is 14.8 Å². The molecule has 0 spiro atoms. The van der Waals surface area contributed by atoms with Crippen molar-refractivity contribution < 1.29 is 18.4 Å². The van der Waals surface area contributed by atoms with Crippen LogP contribution in [0.25, 0.3) is 22.6 Å². The van der Waals surface area contributed by atoms with E-state index in [1.807, 2.05) is 43.1 Å². The summed E-state index contributed by atoms with van der Waals surface area (Å²) < 4.78 is 34.1. The first-order valence-corrected chi connectivity index (χ1v) is 12.4. The van der Waals surface area contributed by atoms with E-state index in [-0.39, 0.29) is 30.0 Å². The second-order valence-electron chi connectivity index (χ2n) is 8.93. The summed E-state index contributed by atoms with van der Waals surface area (Å²) in [7, 11) is 2.00. The number of aromatic nitrogens is 4. The van der Waals surface area contributed by atoms with Gasteiger partial charge in [0, 0.05) is 56.0 Å². The topological polar surface area (TPSA) is 101 Å². The Morgan fingerprint density at radius 1 is 1.00 bits per heavy atom. The molecule has 200 valence electrons. The van der Waals surface area contributed by atoms with Gasteiger partial charge in [-0.05, 0) is 50.2 Å². The van der Waals surface area contributed by atoms with Crippen LogP contribution in [0.2, 0.25) is 0 Å². The first-order chi connectivity index (χ1) is 18.4. The van der Waals surface area contributed by atoms with Gasteiger partial charge in [0.1, 0.15) is 11.6 Å². The van der Waals surface area contributed by atoms with Gasteiger partial charge in [-0.2, -0.15) is 10.1 Å². The molecule has 0 saturated carbocycles. The van der Waals surface area contributed by atoms with Crippen molar-refractivity contribution in [3.05, 3.63) is 82.1 Å². The molecule has 2 aromatic heterocycles. The number of aliphatic hydroxyl groups excluding tert-OH is 1. The van der Waals surface area contributed by atoms with Crippen LogP contribution in [0.15, 0.2) is 63.9 Å². The normalized spacial score (nSPS) is 11.3. The molecule has 0 saturated heterocycles. The number of rotatable bonds is 12. The van der Waals surface area contributed by atoms with Gasteiger partial charge in [0.15, 0.2) is 0 Å². The summed E-state index contributed by atoms with van der Waals surface area (Å²) >= 11 is 0. The van der Waals surface area contributed by atoms with E-state index in [4.69, 9.17) is 9.63 Å². The molecule has 4 rings (SSSR count). The Kier molecular flexibility index (Phi) is 8.93. The molecule has 9 nitrogen and oxygen atoms in total. The minimum absolute atomic E-state index is 0.143. The van der Waals surface area contributed by atoms with Crippen LogP contribution in [-0.2, 0) is 6.54 Å². The number of hydrogen-bond donors (Lipinski definition) is 1. The van der Waals surface area contributed by atoms with E-state index < -0.39 is 11.6 Å². The van der Waals surface area contributed by atoms with E-state index in [0.29, 0.717) is 30.5 Å². The largest absolute Gasteiger partial charge is 0.396 e. The molecule has 38 heavy (non-hydrogen) atoms. The molecule has 0 aliphatic carbocycles. The van der Waals surface area contributed by atoms with Crippen molar-refractivity contribution in [2.24, 2.45) is 0 Å². The summed E-state index contributed by atoms with van der Waals surface area (Å²) in [5, 5.41) is 17.5. The fourth-order valence-electron chi connectivity index (χ4n) is 3.99. The monoisotopic (exact) mass is 524 g/mol. The SMILES string of the molecule is CCN(CCN(C)CCCO)c1nc(-c2cccc(Cn3nc(-c4cc(F)cc(F)c4)ccc3=O)c2)no1. The maximum absolute atomic E-state index is 13.7. The van der Waals surface area contributed by atoms with Crippen molar-refractivity contribution in [2.45, 2.75) is 19.9 Å². The minimum atomic E-state index is -0.720. The summed E-state index contributed by atoms with van der Waals surface area (Å²) in [5.74, 6) is -1.03. The minimum Gasteiger partial charge on any atom is -0.396 e. The highest BCUT2D eigenvalue weighted by Crippen LogP contribution is 2.22. The highest BCUT2D eigenvalue weighted by Gasteiger charge is 2.16. The van der Waals surface area contributed by atoms with Gasteiger partial charge in [0.25, 0.3) is 5.56 Å². The van der Waals surface area contributed by atoms with Crippen molar-refractivity contribution in [3.63, 3.8) is 0 Å². The zero-order chi connectivity index (χ0) is 27.1. The Morgan fingerprint density at radius 3 is 2.53 bits per heavy atom. The molecule has 1 N–H and O–H groups in total. The van der Waals surface area contributed by atoms with Gasteiger partial charge in [-0.25, -0.2) is 13.5 Å². The molecule has 0 fully saturated rings. The first kappa shape index (κ1) is 27.1. The number of nitrogens with zero attached hydrogens (tertiary/aromatic N) is 6. The van der Waals surface area contributed by atoms with Crippen LogP contribution in [0.1, 0.15) is 18.9 Å². The molecule has 4 aromatic rings. The van der Waals surface area contributed by atoms with Crippen molar-refractivity contribution in [1.82, 2.24) is 24.8 Å². The average molecular weight is 525 g/mol. The molecular formula is C27H30F2N6O3. The zero-order valence-corrected chi connectivity index (χ0v) is 21.3. The molecule has 0 bridgehead atoms. The maximum atomic E-state index is 13.7. The van der Waals surface area contributed by atoms with Gasteiger partial charge in [0.2, 0.25) is 5.82 Å². The molecule has 0 aliphatic rings. The van der Waals surface area contributed by atoms with Crippen molar-refractivity contribution in [2.75, 3.05) is 44.7 Å². The van der Waals surface area contributed by atoms with Gasteiger partial charge in [0.05, 0.1) is 12.2 Å². The van der Waals surface area contributed by atoms with Crippen LogP contribution >= 0.6 is 0 Å². The number of anilines is 1. The second-order valence-corrected chi connectivity index (χ2v) is 8.93. The van der Waals surface area contributed by atoms with Crippen LogP contribution in [0, 0.1) is 11.6 Å². The molecule has 0 unspecified atom stereocenters. The number of halogens is 2. The fourth-order valence-corrected chi connectivity index (χ4v) is 3.99. The number of hydrogen-bond acceptors (Lipinski definition) is 8. The predicted molar refractivity (Wildman–Crippen MR) is 140 cm³/mol.